The van der Waals surface area contributed by atoms with Crippen LogP contribution in [0.2, 0.25) is 10.0 Å². The zero-order valence-electron chi connectivity index (χ0n) is 14.6. The van der Waals surface area contributed by atoms with E-state index in [2.05, 4.69) is 5.32 Å². The van der Waals surface area contributed by atoms with E-state index in [1.54, 1.807) is 41.3 Å². The summed E-state index contributed by atoms with van der Waals surface area (Å²) in [5, 5.41) is 3.55. The highest BCUT2D eigenvalue weighted by Crippen LogP contribution is 2.34. The lowest BCUT2D eigenvalue weighted by atomic mass is 10.2. The molecule has 8 heteroatoms. The van der Waals surface area contributed by atoms with Gasteiger partial charge in [0.15, 0.2) is 6.61 Å². The van der Waals surface area contributed by atoms with Gasteiger partial charge in [0.2, 0.25) is 5.91 Å². The molecule has 0 atom stereocenters. The third-order valence-corrected chi connectivity index (χ3v) is 4.61. The Hall–Kier alpha value is -2.44. The van der Waals surface area contributed by atoms with Crippen LogP contribution in [0.25, 0.3) is 0 Å². The number of amides is 2. The number of nitrogens with zero attached hydrogens (tertiary/aromatic N) is 1. The second-order valence-electron chi connectivity index (χ2n) is 5.95. The number of rotatable bonds is 6. The van der Waals surface area contributed by atoms with Gasteiger partial charge >= 0.3 is 0 Å². The minimum Gasteiger partial charge on any atom is -0.494 e. The topological polar surface area (TPSA) is 67.9 Å². The average Bonchev–Trinajstić information content (AvgIpc) is 3.06. The number of anilines is 2. The third kappa shape index (κ3) is 4.64. The molecule has 2 aromatic rings. The van der Waals surface area contributed by atoms with Crippen LogP contribution in [0.15, 0.2) is 36.4 Å². The van der Waals surface area contributed by atoms with Crippen LogP contribution in [0, 0.1) is 0 Å². The number of methoxy groups -OCH3 is 1. The van der Waals surface area contributed by atoms with Crippen molar-refractivity contribution in [3.63, 3.8) is 0 Å². The van der Waals surface area contributed by atoms with E-state index in [0.29, 0.717) is 45.9 Å². The fourth-order valence-electron chi connectivity index (χ4n) is 2.81. The van der Waals surface area contributed by atoms with Crippen molar-refractivity contribution in [2.24, 2.45) is 0 Å². The molecule has 0 saturated carbocycles. The van der Waals surface area contributed by atoms with Crippen molar-refractivity contribution in [2.75, 3.05) is 30.5 Å². The molecule has 1 N–H and O–H groups in total. The van der Waals surface area contributed by atoms with Crippen molar-refractivity contribution in [1.29, 1.82) is 0 Å². The normalized spacial score (nSPS) is 13.6. The number of halogens is 2. The monoisotopic (exact) mass is 408 g/mol. The van der Waals surface area contributed by atoms with E-state index in [0.717, 1.165) is 6.42 Å². The summed E-state index contributed by atoms with van der Waals surface area (Å²) >= 11 is 11.8. The number of hydrogen-bond donors (Lipinski definition) is 1. The molecule has 0 aromatic heterocycles. The molecular weight excluding hydrogens is 391 g/mol. The number of ether oxygens (including phenoxy) is 2. The molecule has 1 heterocycles. The van der Waals surface area contributed by atoms with Gasteiger partial charge in [-0.2, -0.15) is 0 Å². The zero-order chi connectivity index (χ0) is 19.4. The molecule has 1 aliphatic heterocycles. The molecule has 0 radical (unpaired) electrons. The van der Waals surface area contributed by atoms with Crippen molar-refractivity contribution in [1.82, 2.24) is 0 Å². The minimum atomic E-state index is -0.354. The van der Waals surface area contributed by atoms with Gasteiger partial charge in [0.1, 0.15) is 11.5 Å². The van der Waals surface area contributed by atoms with Crippen molar-refractivity contribution in [2.45, 2.75) is 12.8 Å². The lowest BCUT2D eigenvalue weighted by molar-refractivity contribution is -0.118. The molecule has 142 valence electrons. The quantitative estimate of drug-likeness (QED) is 0.779. The summed E-state index contributed by atoms with van der Waals surface area (Å²) in [7, 11) is 1.52. The lowest BCUT2D eigenvalue weighted by Gasteiger charge is -2.19. The molecule has 0 unspecified atom stereocenters. The smallest absolute Gasteiger partial charge is 0.262 e. The Labute approximate surface area is 167 Å². The molecule has 2 amide bonds. The van der Waals surface area contributed by atoms with E-state index in [-0.39, 0.29) is 18.4 Å². The van der Waals surface area contributed by atoms with E-state index in [4.69, 9.17) is 32.7 Å². The van der Waals surface area contributed by atoms with E-state index in [9.17, 15) is 9.59 Å². The van der Waals surface area contributed by atoms with Gasteiger partial charge in [-0.05, 0) is 36.8 Å². The SMILES string of the molecule is COc1cc(NC(=O)COc2ccc(Cl)cc2Cl)ccc1N1CCCC1=O. The van der Waals surface area contributed by atoms with Crippen molar-refractivity contribution < 1.29 is 19.1 Å². The van der Waals surface area contributed by atoms with Gasteiger partial charge in [0.05, 0.1) is 17.8 Å². The maximum absolute atomic E-state index is 12.1. The van der Waals surface area contributed by atoms with Crippen LogP contribution in [0.1, 0.15) is 12.8 Å². The molecule has 27 heavy (non-hydrogen) atoms. The Balaban J connectivity index is 1.64. The van der Waals surface area contributed by atoms with Gasteiger partial charge in [-0.3, -0.25) is 9.59 Å². The van der Waals surface area contributed by atoms with Gasteiger partial charge in [-0.15, -0.1) is 0 Å². The van der Waals surface area contributed by atoms with Crippen molar-refractivity contribution in [3.8, 4) is 11.5 Å². The fraction of sp³-hybridized carbons (Fsp3) is 0.263. The number of hydrogen-bond acceptors (Lipinski definition) is 4. The Morgan fingerprint density at radius 3 is 2.67 bits per heavy atom. The summed E-state index contributed by atoms with van der Waals surface area (Å²) in [6.07, 6.45) is 1.36. The molecule has 1 aliphatic rings. The molecule has 0 spiro atoms. The first-order chi connectivity index (χ1) is 13.0. The van der Waals surface area contributed by atoms with Crippen LogP contribution in [-0.4, -0.2) is 32.1 Å². The van der Waals surface area contributed by atoms with Gasteiger partial charge < -0.3 is 19.7 Å². The molecule has 3 rings (SSSR count). The lowest BCUT2D eigenvalue weighted by Crippen LogP contribution is -2.24. The van der Waals surface area contributed by atoms with Crippen LogP contribution in [0.3, 0.4) is 0 Å². The predicted molar refractivity (Wildman–Crippen MR) is 105 cm³/mol. The Bertz CT molecular complexity index is 873. The number of carbonyl (C=O) groups excluding carboxylic acids is 2. The second-order valence-corrected chi connectivity index (χ2v) is 6.79. The highest BCUT2D eigenvalue weighted by molar-refractivity contribution is 6.35. The van der Waals surface area contributed by atoms with Gasteiger partial charge in [-0.25, -0.2) is 0 Å². The maximum Gasteiger partial charge on any atom is 0.262 e. The Morgan fingerprint density at radius 2 is 2.00 bits per heavy atom. The molecule has 0 bridgehead atoms. The standard InChI is InChI=1S/C19H18Cl2N2O4/c1-26-17-10-13(5-6-15(17)23-8-2-3-19(23)25)22-18(24)11-27-16-7-4-12(20)9-14(16)21/h4-7,9-10H,2-3,8,11H2,1H3,(H,22,24). The number of carbonyl (C=O) groups is 2. The molecule has 0 aliphatic carbocycles. The maximum atomic E-state index is 12.1. The summed E-state index contributed by atoms with van der Waals surface area (Å²) in [4.78, 5) is 25.8. The minimum absolute atomic E-state index is 0.0679. The van der Waals surface area contributed by atoms with Crippen LogP contribution in [0.5, 0.6) is 11.5 Å². The zero-order valence-corrected chi connectivity index (χ0v) is 16.1. The first-order valence-corrected chi connectivity index (χ1v) is 9.09. The summed E-state index contributed by atoms with van der Waals surface area (Å²) < 4.78 is 10.8. The first kappa shape index (κ1) is 19.3. The van der Waals surface area contributed by atoms with Crippen LogP contribution < -0.4 is 19.7 Å². The summed E-state index contributed by atoms with van der Waals surface area (Å²) in [6.45, 7) is 0.451. The van der Waals surface area contributed by atoms with Crippen molar-refractivity contribution in [3.05, 3.63) is 46.4 Å². The molecule has 2 aromatic carbocycles. The largest absolute Gasteiger partial charge is 0.494 e. The summed E-state index contributed by atoms with van der Waals surface area (Å²) in [5.41, 5.74) is 1.24. The Morgan fingerprint density at radius 1 is 1.19 bits per heavy atom. The first-order valence-electron chi connectivity index (χ1n) is 8.34. The Kier molecular flexibility index (Phi) is 6.08. The number of nitrogens with one attached hydrogen (secondary N) is 1. The third-order valence-electron chi connectivity index (χ3n) is 4.08. The molecule has 1 fully saturated rings. The number of benzene rings is 2. The van der Waals surface area contributed by atoms with Crippen LogP contribution in [-0.2, 0) is 9.59 Å². The van der Waals surface area contributed by atoms with Gasteiger partial charge in [0.25, 0.3) is 5.91 Å². The van der Waals surface area contributed by atoms with Crippen LogP contribution >= 0.6 is 23.2 Å². The summed E-state index contributed by atoms with van der Waals surface area (Å²) in [5.74, 6) is 0.604. The molecule has 6 nitrogen and oxygen atoms in total. The average molecular weight is 409 g/mol. The van der Waals surface area contributed by atoms with Gasteiger partial charge in [-0.1, -0.05) is 23.2 Å². The molecule has 1 saturated heterocycles. The van der Waals surface area contributed by atoms with Crippen molar-refractivity contribution >= 4 is 46.4 Å². The summed E-state index contributed by atoms with van der Waals surface area (Å²) in [6, 6.07) is 9.92. The predicted octanol–water partition coefficient (Wildman–Crippen LogP) is 4.15. The second kappa shape index (κ2) is 8.50. The molecular formula is C19H18Cl2N2O4. The van der Waals surface area contributed by atoms with E-state index in [1.807, 2.05) is 0 Å². The van der Waals surface area contributed by atoms with Crippen LogP contribution in [0.4, 0.5) is 11.4 Å². The van der Waals surface area contributed by atoms with Gasteiger partial charge in [0, 0.05) is 29.7 Å². The van der Waals surface area contributed by atoms with E-state index < -0.39 is 0 Å². The highest BCUT2D eigenvalue weighted by Gasteiger charge is 2.24. The van der Waals surface area contributed by atoms with E-state index >= 15 is 0 Å². The van der Waals surface area contributed by atoms with E-state index in [1.165, 1.54) is 7.11 Å². The fourth-order valence-corrected chi connectivity index (χ4v) is 3.28. The highest BCUT2D eigenvalue weighted by atomic mass is 35.5.